The molecule has 0 saturated heterocycles. The monoisotopic (exact) mass is 235 g/mol. The fourth-order valence-corrected chi connectivity index (χ4v) is 1.77. The number of benzene rings is 1. The number of aryl methyl sites for hydroxylation is 2. The van der Waals surface area contributed by atoms with Crippen molar-refractivity contribution in [2.45, 2.75) is 40.2 Å². The highest BCUT2D eigenvalue weighted by atomic mass is 16.5. The maximum absolute atomic E-state index is 11.8. The molecule has 3 nitrogen and oxygen atoms in total. The second-order valence-corrected chi connectivity index (χ2v) is 4.85. The minimum absolute atomic E-state index is 0.237. The van der Waals surface area contributed by atoms with Crippen molar-refractivity contribution in [3.05, 3.63) is 29.3 Å². The summed E-state index contributed by atoms with van der Waals surface area (Å²) in [6.07, 6.45) is 0. The maximum atomic E-state index is 11.8. The second kappa shape index (κ2) is 5.21. The van der Waals surface area contributed by atoms with Crippen molar-refractivity contribution < 1.29 is 9.53 Å². The number of hydrogen-bond acceptors (Lipinski definition) is 3. The lowest BCUT2D eigenvalue weighted by molar-refractivity contribution is -0.147. The number of nitrogens with one attached hydrogen (secondary N) is 1. The second-order valence-electron chi connectivity index (χ2n) is 4.85. The summed E-state index contributed by atoms with van der Waals surface area (Å²) in [5.41, 5.74) is 2.58. The van der Waals surface area contributed by atoms with Gasteiger partial charge in [-0.15, -0.1) is 0 Å². The van der Waals surface area contributed by atoms with E-state index in [-0.39, 0.29) is 5.97 Å². The van der Waals surface area contributed by atoms with E-state index < -0.39 is 5.54 Å². The topological polar surface area (TPSA) is 38.3 Å². The number of ether oxygens (including phenoxy) is 1. The zero-order valence-electron chi connectivity index (χ0n) is 11.3. The quantitative estimate of drug-likeness (QED) is 0.815. The lowest BCUT2D eigenvalue weighted by Gasteiger charge is -2.25. The van der Waals surface area contributed by atoms with Crippen LogP contribution in [0, 0.1) is 13.8 Å². The van der Waals surface area contributed by atoms with E-state index in [1.165, 1.54) is 11.1 Å². The van der Waals surface area contributed by atoms with Gasteiger partial charge in [0.25, 0.3) is 0 Å². The molecule has 0 fully saturated rings. The van der Waals surface area contributed by atoms with Crippen LogP contribution in [-0.4, -0.2) is 18.1 Å². The number of carbonyl (C=O) groups is 1. The van der Waals surface area contributed by atoms with Crippen LogP contribution in [0.5, 0.6) is 0 Å². The Kier molecular flexibility index (Phi) is 4.16. The minimum atomic E-state index is -0.712. The van der Waals surface area contributed by atoms with E-state index in [4.69, 9.17) is 4.74 Å². The van der Waals surface area contributed by atoms with Crippen molar-refractivity contribution in [3.63, 3.8) is 0 Å². The van der Waals surface area contributed by atoms with Crippen molar-refractivity contribution in [2.75, 3.05) is 11.9 Å². The Labute approximate surface area is 103 Å². The van der Waals surface area contributed by atoms with Crippen LogP contribution < -0.4 is 5.32 Å². The third-order valence-electron chi connectivity index (χ3n) is 2.46. The Morgan fingerprint density at radius 2 is 1.76 bits per heavy atom. The summed E-state index contributed by atoms with van der Waals surface area (Å²) in [7, 11) is 0. The smallest absolute Gasteiger partial charge is 0.331 e. The van der Waals surface area contributed by atoms with Crippen molar-refractivity contribution in [2.24, 2.45) is 0 Å². The molecule has 1 aromatic rings. The van der Waals surface area contributed by atoms with Gasteiger partial charge in [0.15, 0.2) is 0 Å². The van der Waals surface area contributed by atoms with Gasteiger partial charge >= 0.3 is 5.97 Å². The molecule has 0 heterocycles. The van der Waals surface area contributed by atoms with E-state index in [1.54, 1.807) is 0 Å². The van der Waals surface area contributed by atoms with Crippen LogP contribution in [0.25, 0.3) is 0 Å². The van der Waals surface area contributed by atoms with E-state index in [1.807, 2.05) is 46.8 Å². The van der Waals surface area contributed by atoms with E-state index in [9.17, 15) is 4.79 Å². The molecule has 0 bridgehead atoms. The standard InChI is InChI=1S/C14H21NO2/c1-6-17-13(16)14(4,5)15-12-8-10(2)7-11(3)9-12/h7-9,15H,6H2,1-5H3. The van der Waals surface area contributed by atoms with Gasteiger partial charge in [-0.05, 0) is 57.9 Å². The number of hydrogen-bond donors (Lipinski definition) is 1. The molecule has 0 spiro atoms. The van der Waals surface area contributed by atoms with Gasteiger partial charge in [0.05, 0.1) is 6.61 Å². The first-order chi connectivity index (χ1) is 7.85. The zero-order valence-corrected chi connectivity index (χ0v) is 11.3. The third-order valence-corrected chi connectivity index (χ3v) is 2.46. The largest absolute Gasteiger partial charge is 0.464 e. The number of anilines is 1. The van der Waals surface area contributed by atoms with Crippen LogP contribution in [0.3, 0.4) is 0 Å². The first-order valence-corrected chi connectivity index (χ1v) is 5.89. The zero-order chi connectivity index (χ0) is 13.1. The molecular formula is C14H21NO2. The van der Waals surface area contributed by atoms with E-state index in [0.717, 1.165) is 5.69 Å². The molecule has 0 aliphatic rings. The summed E-state index contributed by atoms with van der Waals surface area (Å²) in [6.45, 7) is 9.93. The lowest BCUT2D eigenvalue weighted by Crippen LogP contribution is -2.41. The molecule has 1 N–H and O–H groups in total. The van der Waals surface area contributed by atoms with Crippen molar-refractivity contribution in [3.8, 4) is 0 Å². The summed E-state index contributed by atoms with van der Waals surface area (Å²) in [5.74, 6) is -0.237. The highest BCUT2D eigenvalue weighted by Crippen LogP contribution is 2.19. The van der Waals surface area contributed by atoms with Crippen molar-refractivity contribution >= 4 is 11.7 Å². The third kappa shape index (κ3) is 3.77. The molecule has 0 unspecified atom stereocenters. The predicted octanol–water partition coefficient (Wildman–Crippen LogP) is 3.06. The molecule has 94 valence electrons. The van der Waals surface area contributed by atoms with Crippen LogP contribution in [-0.2, 0) is 9.53 Å². The Hall–Kier alpha value is -1.51. The first kappa shape index (κ1) is 13.6. The van der Waals surface area contributed by atoms with Gasteiger partial charge in [-0.1, -0.05) is 6.07 Å². The molecule has 1 rings (SSSR count). The number of rotatable bonds is 4. The van der Waals surface area contributed by atoms with Gasteiger partial charge in [-0.2, -0.15) is 0 Å². The van der Waals surface area contributed by atoms with Gasteiger partial charge in [-0.3, -0.25) is 0 Å². The molecule has 0 atom stereocenters. The molecule has 3 heteroatoms. The van der Waals surface area contributed by atoms with E-state index >= 15 is 0 Å². The lowest BCUT2D eigenvalue weighted by atomic mass is 10.0. The minimum Gasteiger partial charge on any atom is -0.464 e. The first-order valence-electron chi connectivity index (χ1n) is 5.89. The van der Waals surface area contributed by atoms with Crippen LogP contribution in [0.1, 0.15) is 31.9 Å². The highest BCUT2D eigenvalue weighted by Gasteiger charge is 2.28. The summed E-state index contributed by atoms with van der Waals surface area (Å²) in [5, 5.41) is 3.21. The van der Waals surface area contributed by atoms with Gasteiger partial charge < -0.3 is 10.1 Å². The molecule has 17 heavy (non-hydrogen) atoms. The van der Waals surface area contributed by atoms with Crippen molar-refractivity contribution in [1.82, 2.24) is 0 Å². The van der Waals surface area contributed by atoms with Gasteiger partial charge in [0, 0.05) is 5.69 Å². The Morgan fingerprint density at radius 1 is 1.24 bits per heavy atom. The normalized spacial score (nSPS) is 11.1. The molecule has 0 aliphatic heterocycles. The average Bonchev–Trinajstić information content (AvgIpc) is 2.15. The molecule has 0 aliphatic carbocycles. The molecule has 1 aromatic carbocycles. The summed E-state index contributed by atoms with van der Waals surface area (Å²) < 4.78 is 5.04. The van der Waals surface area contributed by atoms with Gasteiger partial charge in [0.1, 0.15) is 5.54 Å². The van der Waals surface area contributed by atoms with Gasteiger partial charge in [-0.25, -0.2) is 4.79 Å². The van der Waals surface area contributed by atoms with Gasteiger partial charge in [0.2, 0.25) is 0 Å². The molecular weight excluding hydrogens is 214 g/mol. The summed E-state index contributed by atoms with van der Waals surface area (Å²) >= 11 is 0. The Balaban J connectivity index is 2.85. The fourth-order valence-electron chi connectivity index (χ4n) is 1.77. The number of carbonyl (C=O) groups excluding carboxylic acids is 1. The molecule has 0 saturated carbocycles. The maximum Gasteiger partial charge on any atom is 0.331 e. The van der Waals surface area contributed by atoms with Crippen LogP contribution in [0.2, 0.25) is 0 Å². The van der Waals surface area contributed by atoms with E-state index in [2.05, 4.69) is 11.4 Å². The molecule has 0 amide bonds. The molecule has 0 radical (unpaired) electrons. The van der Waals surface area contributed by atoms with Crippen LogP contribution >= 0.6 is 0 Å². The van der Waals surface area contributed by atoms with Crippen molar-refractivity contribution in [1.29, 1.82) is 0 Å². The molecule has 0 aromatic heterocycles. The Bertz CT molecular complexity index is 390. The predicted molar refractivity (Wildman–Crippen MR) is 70.3 cm³/mol. The summed E-state index contributed by atoms with van der Waals surface area (Å²) in [6, 6.07) is 6.14. The SMILES string of the molecule is CCOC(=O)C(C)(C)Nc1cc(C)cc(C)c1. The van der Waals surface area contributed by atoms with Crippen LogP contribution in [0.4, 0.5) is 5.69 Å². The number of esters is 1. The highest BCUT2D eigenvalue weighted by molar-refractivity contribution is 5.83. The fraction of sp³-hybridized carbons (Fsp3) is 0.500. The average molecular weight is 235 g/mol. The van der Waals surface area contributed by atoms with Crippen LogP contribution in [0.15, 0.2) is 18.2 Å². The Morgan fingerprint density at radius 3 is 2.24 bits per heavy atom. The van der Waals surface area contributed by atoms with E-state index in [0.29, 0.717) is 6.61 Å². The summed E-state index contributed by atoms with van der Waals surface area (Å²) in [4.78, 5) is 11.8.